The maximum absolute atomic E-state index is 5.46. The van der Waals surface area contributed by atoms with Gasteiger partial charge in [0, 0.05) is 38.5 Å². The molecule has 2 fully saturated rings. The van der Waals surface area contributed by atoms with E-state index < -0.39 is 0 Å². The number of nitrogens with one attached hydrogen (secondary N) is 1. The molecule has 0 bridgehead atoms. The third kappa shape index (κ3) is 3.95. The Labute approximate surface area is 126 Å². The van der Waals surface area contributed by atoms with Crippen LogP contribution < -0.4 is 5.32 Å². The summed E-state index contributed by atoms with van der Waals surface area (Å²) >= 11 is 0. The summed E-state index contributed by atoms with van der Waals surface area (Å²) in [6, 6.07) is 0.555. The van der Waals surface area contributed by atoms with Crippen LogP contribution in [0.5, 0.6) is 0 Å². The molecule has 2 aliphatic rings. The van der Waals surface area contributed by atoms with Gasteiger partial charge in [-0.05, 0) is 12.8 Å². The Bertz CT molecular complexity index is 437. The van der Waals surface area contributed by atoms with E-state index in [4.69, 9.17) is 9.15 Å². The van der Waals surface area contributed by atoms with E-state index in [-0.39, 0.29) is 0 Å². The smallest absolute Gasteiger partial charge is 0.315 e. The first kappa shape index (κ1) is 14.8. The fourth-order valence-corrected chi connectivity index (χ4v) is 3.56. The molecule has 21 heavy (non-hydrogen) atoms. The van der Waals surface area contributed by atoms with Crippen molar-refractivity contribution in [1.29, 1.82) is 0 Å². The molecule has 0 spiro atoms. The molecule has 1 aliphatic heterocycles. The van der Waals surface area contributed by atoms with Gasteiger partial charge in [0.2, 0.25) is 5.89 Å². The Morgan fingerprint density at radius 3 is 2.57 bits per heavy atom. The largest absolute Gasteiger partial charge is 0.408 e. The topological polar surface area (TPSA) is 63.4 Å². The van der Waals surface area contributed by atoms with Gasteiger partial charge in [-0.25, -0.2) is 0 Å². The Hall–Kier alpha value is -1.14. The van der Waals surface area contributed by atoms with Crippen LogP contribution in [-0.4, -0.2) is 54.5 Å². The van der Waals surface area contributed by atoms with Crippen molar-refractivity contribution in [3.05, 3.63) is 5.89 Å². The van der Waals surface area contributed by atoms with Crippen LogP contribution in [0.3, 0.4) is 0 Å². The van der Waals surface area contributed by atoms with E-state index in [1.807, 2.05) is 6.92 Å². The summed E-state index contributed by atoms with van der Waals surface area (Å²) < 4.78 is 10.9. The van der Waals surface area contributed by atoms with Gasteiger partial charge >= 0.3 is 6.01 Å². The zero-order valence-electron chi connectivity index (χ0n) is 12.9. The molecule has 1 aromatic heterocycles. The highest BCUT2D eigenvalue weighted by atomic mass is 16.5. The number of anilines is 1. The lowest BCUT2D eigenvalue weighted by atomic mass is 9.73. The third-order valence-electron chi connectivity index (χ3n) is 4.72. The minimum absolute atomic E-state index is 0.331. The number of hydrogen-bond acceptors (Lipinski definition) is 6. The van der Waals surface area contributed by atoms with Crippen LogP contribution in [0.15, 0.2) is 4.42 Å². The molecule has 118 valence electrons. The number of hydrogen-bond donors (Lipinski definition) is 1. The molecule has 6 heteroatoms. The van der Waals surface area contributed by atoms with Gasteiger partial charge in [0.15, 0.2) is 0 Å². The van der Waals surface area contributed by atoms with Crippen molar-refractivity contribution in [2.24, 2.45) is 5.41 Å². The lowest BCUT2D eigenvalue weighted by Gasteiger charge is -2.42. The Morgan fingerprint density at radius 1 is 1.14 bits per heavy atom. The predicted molar refractivity (Wildman–Crippen MR) is 80.3 cm³/mol. The third-order valence-corrected chi connectivity index (χ3v) is 4.72. The van der Waals surface area contributed by atoms with Gasteiger partial charge in [0.25, 0.3) is 0 Å². The molecule has 0 amide bonds. The zero-order chi connectivity index (χ0) is 14.5. The molecule has 1 aromatic rings. The van der Waals surface area contributed by atoms with Crippen LogP contribution in [0.25, 0.3) is 0 Å². The molecule has 0 aromatic carbocycles. The van der Waals surface area contributed by atoms with Crippen molar-refractivity contribution in [1.82, 2.24) is 15.1 Å². The van der Waals surface area contributed by atoms with E-state index in [0.717, 1.165) is 39.4 Å². The average Bonchev–Trinajstić information content (AvgIpc) is 2.93. The maximum Gasteiger partial charge on any atom is 0.315 e. The van der Waals surface area contributed by atoms with Crippen molar-refractivity contribution in [3.8, 4) is 0 Å². The number of rotatable bonds is 5. The molecular formula is C15H26N4O2. The average molecular weight is 294 g/mol. The van der Waals surface area contributed by atoms with E-state index >= 15 is 0 Å². The molecule has 1 saturated heterocycles. The van der Waals surface area contributed by atoms with Crippen LogP contribution >= 0.6 is 0 Å². The highest BCUT2D eigenvalue weighted by Gasteiger charge is 2.34. The van der Waals surface area contributed by atoms with Gasteiger partial charge in [-0.1, -0.05) is 24.4 Å². The fourth-order valence-electron chi connectivity index (χ4n) is 3.56. The number of morpholine rings is 1. The van der Waals surface area contributed by atoms with Crippen LogP contribution in [0.2, 0.25) is 0 Å². The first-order valence-corrected chi connectivity index (χ1v) is 8.10. The molecule has 2 heterocycles. The van der Waals surface area contributed by atoms with E-state index in [1.165, 1.54) is 32.1 Å². The monoisotopic (exact) mass is 294 g/mol. The van der Waals surface area contributed by atoms with Gasteiger partial charge in [-0.3, -0.25) is 4.90 Å². The van der Waals surface area contributed by atoms with E-state index in [1.54, 1.807) is 0 Å². The highest BCUT2D eigenvalue weighted by molar-refractivity contribution is 5.18. The summed E-state index contributed by atoms with van der Waals surface area (Å²) in [5.74, 6) is 0.614. The van der Waals surface area contributed by atoms with Gasteiger partial charge in [-0.2, -0.15) is 0 Å². The second-order valence-corrected chi connectivity index (χ2v) is 6.43. The number of aryl methyl sites for hydroxylation is 1. The molecular weight excluding hydrogens is 268 g/mol. The predicted octanol–water partition coefficient (Wildman–Crippen LogP) is 2.07. The number of ether oxygens (including phenoxy) is 1. The lowest BCUT2D eigenvalue weighted by Crippen LogP contribution is -2.47. The summed E-state index contributed by atoms with van der Waals surface area (Å²) in [5.41, 5.74) is 0.331. The summed E-state index contributed by atoms with van der Waals surface area (Å²) in [4.78, 5) is 2.55. The molecule has 0 unspecified atom stereocenters. The standard InChI is InChI=1S/C15H26N4O2/c1-13-17-18-14(21-13)16-11-15(5-3-2-4-6-15)12-19-7-9-20-10-8-19/h2-12H2,1H3,(H,16,18). The molecule has 6 nitrogen and oxygen atoms in total. The van der Waals surface area contributed by atoms with Crippen LogP contribution in [0.4, 0.5) is 6.01 Å². The maximum atomic E-state index is 5.46. The summed E-state index contributed by atoms with van der Waals surface area (Å²) in [6.07, 6.45) is 6.59. The summed E-state index contributed by atoms with van der Waals surface area (Å²) in [5, 5.41) is 11.3. The quantitative estimate of drug-likeness (QED) is 0.897. The summed E-state index contributed by atoms with van der Waals surface area (Å²) in [6.45, 7) is 7.74. The van der Waals surface area contributed by atoms with Crippen molar-refractivity contribution in [2.75, 3.05) is 44.7 Å². The van der Waals surface area contributed by atoms with Crippen LogP contribution in [0, 0.1) is 12.3 Å². The molecule has 1 N–H and O–H groups in total. The van der Waals surface area contributed by atoms with Crippen LogP contribution in [-0.2, 0) is 4.74 Å². The zero-order valence-corrected chi connectivity index (χ0v) is 12.9. The van der Waals surface area contributed by atoms with Gasteiger partial charge in [0.05, 0.1) is 13.2 Å². The molecule has 1 saturated carbocycles. The van der Waals surface area contributed by atoms with Gasteiger partial charge in [-0.15, -0.1) is 5.10 Å². The normalized spacial score (nSPS) is 23.1. The summed E-state index contributed by atoms with van der Waals surface area (Å²) in [7, 11) is 0. The van der Waals surface area contributed by atoms with Crippen molar-refractivity contribution in [3.63, 3.8) is 0 Å². The first-order valence-electron chi connectivity index (χ1n) is 8.10. The van der Waals surface area contributed by atoms with Gasteiger partial charge in [0.1, 0.15) is 0 Å². The minimum Gasteiger partial charge on any atom is -0.408 e. The minimum atomic E-state index is 0.331. The highest BCUT2D eigenvalue weighted by Crippen LogP contribution is 2.37. The van der Waals surface area contributed by atoms with E-state index in [0.29, 0.717) is 17.3 Å². The van der Waals surface area contributed by atoms with Crippen LogP contribution in [0.1, 0.15) is 38.0 Å². The Balaban J connectivity index is 1.61. The lowest BCUT2D eigenvalue weighted by molar-refractivity contribution is 0.0101. The Morgan fingerprint density at radius 2 is 1.90 bits per heavy atom. The van der Waals surface area contributed by atoms with Crippen molar-refractivity contribution in [2.45, 2.75) is 39.0 Å². The van der Waals surface area contributed by atoms with E-state index in [9.17, 15) is 0 Å². The SMILES string of the molecule is Cc1nnc(NCC2(CN3CCOCC3)CCCCC2)o1. The molecule has 3 rings (SSSR count). The van der Waals surface area contributed by atoms with E-state index in [2.05, 4.69) is 20.4 Å². The molecule has 0 radical (unpaired) electrons. The molecule has 1 aliphatic carbocycles. The Kier molecular flexibility index (Phi) is 4.75. The second kappa shape index (κ2) is 6.75. The van der Waals surface area contributed by atoms with Gasteiger partial charge < -0.3 is 14.5 Å². The first-order chi connectivity index (χ1) is 10.3. The molecule has 0 atom stereocenters. The van der Waals surface area contributed by atoms with Crippen molar-refractivity contribution < 1.29 is 9.15 Å². The number of aromatic nitrogens is 2. The second-order valence-electron chi connectivity index (χ2n) is 6.43. The number of nitrogens with zero attached hydrogens (tertiary/aromatic N) is 3. The fraction of sp³-hybridized carbons (Fsp3) is 0.867. The van der Waals surface area contributed by atoms with Crippen molar-refractivity contribution >= 4 is 6.01 Å².